The molecule has 114 valence electrons. The Morgan fingerprint density at radius 2 is 1.40 bits per heavy atom. The maximum absolute atomic E-state index is 12.0. The Hall–Kier alpha value is -0.440. The van der Waals surface area contributed by atoms with Crippen molar-refractivity contribution in [1.29, 1.82) is 0 Å². The molecule has 6 nitrogen and oxygen atoms in total. The van der Waals surface area contributed by atoms with Gasteiger partial charge in [-0.05, 0) is 0 Å². The summed E-state index contributed by atoms with van der Waals surface area (Å²) in [5, 5.41) is 0. The van der Waals surface area contributed by atoms with Gasteiger partial charge in [0.1, 0.15) is 23.7 Å². The van der Waals surface area contributed by atoms with Crippen molar-refractivity contribution in [3.05, 3.63) is 0 Å². The largest absolute Gasteiger partial charge is 0.612 e. The molecular formula is C12H18O6S2. The van der Waals surface area contributed by atoms with Crippen LogP contribution < -0.4 is 0 Å². The van der Waals surface area contributed by atoms with E-state index in [4.69, 9.17) is 9.47 Å². The molecule has 2 aliphatic heterocycles. The highest BCUT2D eigenvalue weighted by Gasteiger charge is 2.35. The normalized spacial score (nSPS) is 29.6. The molecule has 8 heteroatoms. The topological polar surface area (TPSA) is 98.7 Å². The molecule has 0 radical (unpaired) electrons. The van der Waals surface area contributed by atoms with Crippen LogP contribution in [-0.2, 0) is 41.4 Å². The third kappa shape index (κ3) is 4.28. The molecule has 0 spiro atoms. The first-order valence-corrected chi connectivity index (χ1v) is 9.35. The molecule has 2 saturated heterocycles. The summed E-state index contributed by atoms with van der Waals surface area (Å²) in [7, 11) is 0. The molecule has 0 aliphatic carbocycles. The van der Waals surface area contributed by atoms with E-state index >= 15 is 0 Å². The number of rotatable bonds is 8. The molecule has 0 N–H and O–H groups in total. The van der Waals surface area contributed by atoms with Gasteiger partial charge in [-0.2, -0.15) is 0 Å². The Bertz CT molecular complexity index is 327. The van der Waals surface area contributed by atoms with E-state index in [1.54, 1.807) is 6.92 Å². The summed E-state index contributed by atoms with van der Waals surface area (Å²) in [5.41, 5.74) is 0. The fourth-order valence-electron chi connectivity index (χ4n) is 1.99. The lowest BCUT2D eigenvalue weighted by Gasteiger charge is -2.28. The van der Waals surface area contributed by atoms with E-state index in [9.17, 15) is 18.7 Å². The highest BCUT2D eigenvalue weighted by Crippen LogP contribution is 2.22. The number of carbonyl (C=O) groups excluding carboxylic acids is 2. The molecule has 0 aromatic rings. The standard InChI is InChI=1S/C12H18O6S2/c1-8(19(15)4-2-9-6-11(13)17-9)20(16)5-3-10-7-12(14)18-10/h8-10H,2-7H2,1H3. The van der Waals surface area contributed by atoms with Gasteiger partial charge in [0.15, 0.2) is 0 Å². The second-order valence-corrected chi connectivity index (χ2v) is 9.00. The van der Waals surface area contributed by atoms with Gasteiger partial charge in [0, 0.05) is 42.1 Å². The monoisotopic (exact) mass is 322 g/mol. The minimum atomic E-state index is -1.20. The molecule has 0 aromatic carbocycles. The Morgan fingerprint density at radius 1 is 1.05 bits per heavy atom. The molecule has 2 rings (SSSR count). The van der Waals surface area contributed by atoms with Gasteiger partial charge in [-0.1, -0.05) is 0 Å². The molecule has 0 aromatic heterocycles. The van der Waals surface area contributed by atoms with E-state index < -0.39 is 26.9 Å². The van der Waals surface area contributed by atoms with Gasteiger partial charge in [-0.15, -0.1) is 0 Å². The number of hydrogen-bond donors (Lipinski definition) is 0. The number of carbonyl (C=O) groups is 2. The molecule has 4 unspecified atom stereocenters. The molecule has 0 saturated carbocycles. The van der Waals surface area contributed by atoms with E-state index in [0.29, 0.717) is 37.2 Å². The van der Waals surface area contributed by atoms with Gasteiger partial charge in [0.25, 0.3) is 4.58 Å². The van der Waals surface area contributed by atoms with E-state index in [0.717, 1.165) is 0 Å². The lowest BCUT2D eigenvalue weighted by Crippen LogP contribution is -2.38. The summed E-state index contributed by atoms with van der Waals surface area (Å²) in [5.74, 6) is 0.354. The zero-order chi connectivity index (χ0) is 14.7. The lowest BCUT2D eigenvalue weighted by molar-refractivity contribution is -0.170. The van der Waals surface area contributed by atoms with Crippen LogP contribution in [0.4, 0.5) is 0 Å². The Balaban J connectivity index is 1.59. The quantitative estimate of drug-likeness (QED) is 0.469. The Morgan fingerprint density at radius 3 is 1.70 bits per heavy atom. The smallest absolute Gasteiger partial charge is 0.309 e. The molecule has 4 atom stereocenters. The maximum atomic E-state index is 12.0. The molecule has 2 fully saturated rings. The maximum Gasteiger partial charge on any atom is 0.309 e. The van der Waals surface area contributed by atoms with Gasteiger partial charge in [0.05, 0.1) is 12.8 Å². The highest BCUT2D eigenvalue weighted by atomic mass is 32.3. The van der Waals surface area contributed by atoms with E-state index in [1.165, 1.54) is 0 Å². The minimum Gasteiger partial charge on any atom is -0.612 e. The predicted octanol–water partition coefficient (Wildman–Crippen LogP) is 0.241. The fourth-order valence-corrected chi connectivity index (χ4v) is 5.18. The number of hydrogen-bond acceptors (Lipinski definition) is 6. The second-order valence-electron chi connectivity index (χ2n) is 4.95. The Labute approximate surface area is 123 Å². The summed E-state index contributed by atoms with van der Waals surface area (Å²) >= 11 is -2.40. The minimum absolute atomic E-state index is 0.124. The van der Waals surface area contributed by atoms with E-state index in [2.05, 4.69) is 0 Å². The summed E-state index contributed by atoms with van der Waals surface area (Å²) in [4.78, 5) is 21.2. The number of ether oxygens (including phenoxy) is 2. The Kier molecular flexibility index (Phi) is 5.59. The molecule has 0 amide bonds. The van der Waals surface area contributed by atoms with Crippen molar-refractivity contribution in [2.45, 2.75) is 49.4 Å². The van der Waals surface area contributed by atoms with Crippen molar-refractivity contribution in [2.75, 3.05) is 11.5 Å². The zero-order valence-electron chi connectivity index (χ0n) is 11.2. The van der Waals surface area contributed by atoms with Crippen LogP contribution in [0.25, 0.3) is 0 Å². The van der Waals surface area contributed by atoms with Crippen molar-refractivity contribution < 1.29 is 28.2 Å². The first-order chi connectivity index (χ1) is 9.45. The number of cyclic esters (lactones) is 2. The first kappa shape index (κ1) is 15.9. The van der Waals surface area contributed by atoms with Gasteiger partial charge >= 0.3 is 11.9 Å². The average molecular weight is 322 g/mol. The molecular weight excluding hydrogens is 304 g/mol. The van der Waals surface area contributed by atoms with E-state index in [1.807, 2.05) is 0 Å². The highest BCUT2D eigenvalue weighted by molar-refractivity contribution is 8.09. The van der Waals surface area contributed by atoms with Crippen molar-refractivity contribution in [3.63, 3.8) is 0 Å². The average Bonchev–Trinajstić information content (AvgIpc) is 2.35. The van der Waals surface area contributed by atoms with Gasteiger partial charge in [0.2, 0.25) is 0 Å². The van der Waals surface area contributed by atoms with E-state index in [-0.39, 0.29) is 24.1 Å². The molecule has 2 aliphatic rings. The van der Waals surface area contributed by atoms with Crippen molar-refractivity contribution >= 4 is 34.3 Å². The fraction of sp³-hybridized carbons (Fsp3) is 0.833. The SMILES string of the molecule is CC([S+]([O-])CCC1CC(=O)O1)[S+]([O-])CCC1CC(=O)O1. The summed E-state index contributed by atoms with van der Waals surface area (Å²) in [6, 6.07) is 0. The third-order valence-corrected chi connectivity index (χ3v) is 7.45. The summed E-state index contributed by atoms with van der Waals surface area (Å²) in [6.45, 7) is 1.70. The van der Waals surface area contributed by atoms with Crippen LogP contribution in [0.15, 0.2) is 0 Å². The van der Waals surface area contributed by atoms with Crippen LogP contribution in [0.3, 0.4) is 0 Å². The van der Waals surface area contributed by atoms with Gasteiger partial charge in [-0.3, -0.25) is 9.59 Å². The van der Waals surface area contributed by atoms with Crippen LogP contribution in [0.5, 0.6) is 0 Å². The van der Waals surface area contributed by atoms with Crippen molar-refractivity contribution in [1.82, 2.24) is 0 Å². The number of esters is 2. The van der Waals surface area contributed by atoms with Crippen LogP contribution in [-0.4, -0.2) is 49.3 Å². The van der Waals surface area contributed by atoms with Crippen LogP contribution in [0, 0.1) is 0 Å². The predicted molar refractivity (Wildman–Crippen MR) is 73.7 cm³/mol. The lowest BCUT2D eigenvalue weighted by atomic mass is 10.1. The van der Waals surface area contributed by atoms with Crippen molar-refractivity contribution in [3.8, 4) is 0 Å². The summed E-state index contributed by atoms with van der Waals surface area (Å²) in [6.07, 6.45) is 1.65. The van der Waals surface area contributed by atoms with Crippen LogP contribution >= 0.6 is 0 Å². The van der Waals surface area contributed by atoms with Crippen LogP contribution in [0.2, 0.25) is 0 Å². The molecule has 20 heavy (non-hydrogen) atoms. The second kappa shape index (κ2) is 7.02. The molecule has 0 bridgehead atoms. The zero-order valence-corrected chi connectivity index (χ0v) is 12.9. The van der Waals surface area contributed by atoms with Gasteiger partial charge in [-0.25, -0.2) is 0 Å². The third-order valence-electron chi connectivity index (χ3n) is 3.41. The van der Waals surface area contributed by atoms with Gasteiger partial charge < -0.3 is 18.6 Å². The molecule has 2 heterocycles. The summed E-state index contributed by atoms with van der Waals surface area (Å²) < 4.78 is 33.2. The van der Waals surface area contributed by atoms with Crippen LogP contribution in [0.1, 0.15) is 32.6 Å². The van der Waals surface area contributed by atoms with Crippen molar-refractivity contribution in [2.24, 2.45) is 0 Å². The first-order valence-electron chi connectivity index (χ1n) is 6.59.